The zero-order chi connectivity index (χ0) is 31.6. The molecule has 5 nitrogen and oxygen atoms in total. The van der Waals surface area contributed by atoms with Crippen molar-refractivity contribution in [1.29, 1.82) is 0 Å². The topological polar surface area (TPSA) is 56.7 Å². The summed E-state index contributed by atoms with van der Waals surface area (Å²) in [6.45, 7) is 0. The smallest absolute Gasteiger partial charge is 0.238 e. The van der Waals surface area contributed by atoms with Crippen molar-refractivity contribution < 1.29 is 4.42 Å². The van der Waals surface area contributed by atoms with Crippen LogP contribution in [-0.2, 0) is 0 Å². The molecule has 10 aromatic rings. The van der Waals surface area contributed by atoms with Gasteiger partial charge in [-0.3, -0.25) is 4.57 Å². The number of fused-ring (bicyclic) bond motifs is 7. The van der Waals surface area contributed by atoms with Crippen LogP contribution in [0, 0.1) is 0 Å². The van der Waals surface area contributed by atoms with Crippen molar-refractivity contribution in [2.45, 2.75) is 0 Å². The molecule has 0 atom stereocenters. The molecule has 3 heterocycles. The van der Waals surface area contributed by atoms with Crippen LogP contribution >= 0.6 is 0 Å². The highest BCUT2D eigenvalue weighted by Crippen LogP contribution is 2.39. The van der Waals surface area contributed by atoms with Crippen LogP contribution in [-0.4, -0.2) is 19.5 Å². The summed E-state index contributed by atoms with van der Waals surface area (Å²) in [6, 6.07) is 54.5. The van der Waals surface area contributed by atoms with E-state index in [4.69, 9.17) is 19.4 Å². The lowest BCUT2D eigenvalue weighted by Crippen LogP contribution is -2.06. The maximum atomic E-state index is 6.26. The molecule has 0 saturated heterocycles. The van der Waals surface area contributed by atoms with E-state index in [2.05, 4.69) is 102 Å². The molecule has 0 N–H and O–H groups in total. The van der Waals surface area contributed by atoms with Crippen LogP contribution < -0.4 is 0 Å². The highest BCUT2D eigenvalue weighted by Gasteiger charge is 2.21. The third-order valence-corrected chi connectivity index (χ3v) is 9.27. The van der Waals surface area contributed by atoms with E-state index in [9.17, 15) is 0 Å². The molecule has 48 heavy (non-hydrogen) atoms. The number of aromatic nitrogens is 4. The van der Waals surface area contributed by atoms with E-state index >= 15 is 0 Å². The SMILES string of the molecule is c1ccc(-c2nc(-c3cccc4oc5ccccc5c34)nc(-n3c4ccccc4c4ccc(-c5cccc6ccccc56)cc43)n2)cc1. The number of hydrogen-bond acceptors (Lipinski definition) is 4. The summed E-state index contributed by atoms with van der Waals surface area (Å²) in [7, 11) is 0. The Morgan fingerprint density at radius 2 is 1.08 bits per heavy atom. The molecule has 0 saturated carbocycles. The second kappa shape index (κ2) is 10.5. The summed E-state index contributed by atoms with van der Waals surface area (Å²) in [6.07, 6.45) is 0. The molecule has 0 fully saturated rings. The first-order valence-electron chi connectivity index (χ1n) is 16.0. The van der Waals surface area contributed by atoms with Crippen LogP contribution in [0.1, 0.15) is 0 Å². The molecule has 0 aliphatic heterocycles. The first-order chi connectivity index (χ1) is 23.8. The van der Waals surface area contributed by atoms with Gasteiger partial charge in [0.25, 0.3) is 0 Å². The number of nitrogens with zero attached hydrogens (tertiary/aromatic N) is 4. The molecule has 224 valence electrons. The van der Waals surface area contributed by atoms with Gasteiger partial charge in [0.15, 0.2) is 11.6 Å². The standard InChI is InChI=1S/C43H26N4O/c1-2-13-28(14-3-1)41-44-42(35-20-11-23-39-40(35)34-18-7-9-22-38(34)48-39)46-43(45-41)47-36-21-8-6-17-32(36)33-25-24-29(26-37(33)47)31-19-10-15-27-12-4-5-16-30(27)31/h1-26H. The zero-order valence-electron chi connectivity index (χ0n) is 25.7. The Kier molecular flexibility index (Phi) is 5.81. The minimum atomic E-state index is 0.560. The van der Waals surface area contributed by atoms with Crippen molar-refractivity contribution in [3.05, 3.63) is 158 Å². The molecule has 0 aliphatic rings. The van der Waals surface area contributed by atoms with E-state index in [-0.39, 0.29) is 0 Å². The summed E-state index contributed by atoms with van der Waals surface area (Å²) >= 11 is 0. The molecule has 0 spiro atoms. The van der Waals surface area contributed by atoms with Gasteiger partial charge in [0, 0.05) is 32.7 Å². The Balaban J connectivity index is 1.28. The van der Waals surface area contributed by atoms with Crippen LogP contribution in [0.15, 0.2) is 162 Å². The van der Waals surface area contributed by atoms with Gasteiger partial charge in [-0.1, -0.05) is 133 Å². The fraction of sp³-hybridized carbons (Fsp3) is 0. The number of furan rings is 1. The summed E-state index contributed by atoms with van der Waals surface area (Å²) in [5.74, 6) is 1.76. The molecule has 0 aliphatic carbocycles. The van der Waals surface area contributed by atoms with Gasteiger partial charge in [-0.2, -0.15) is 9.97 Å². The monoisotopic (exact) mass is 614 g/mol. The molecule has 10 rings (SSSR count). The van der Waals surface area contributed by atoms with Gasteiger partial charge >= 0.3 is 0 Å². The fourth-order valence-corrected chi connectivity index (χ4v) is 7.09. The Morgan fingerprint density at radius 3 is 2.00 bits per heavy atom. The van der Waals surface area contributed by atoms with Crippen LogP contribution in [0.3, 0.4) is 0 Å². The lowest BCUT2D eigenvalue weighted by atomic mass is 9.97. The highest BCUT2D eigenvalue weighted by molar-refractivity contribution is 6.12. The summed E-state index contributed by atoms with van der Waals surface area (Å²) in [5, 5.41) is 6.74. The fourth-order valence-electron chi connectivity index (χ4n) is 7.09. The van der Waals surface area contributed by atoms with E-state index in [0.29, 0.717) is 17.6 Å². The van der Waals surface area contributed by atoms with Crippen molar-refractivity contribution in [2.24, 2.45) is 0 Å². The third-order valence-electron chi connectivity index (χ3n) is 9.27. The minimum Gasteiger partial charge on any atom is -0.456 e. The number of para-hydroxylation sites is 2. The van der Waals surface area contributed by atoms with Crippen molar-refractivity contribution in [3.8, 4) is 39.9 Å². The Bertz CT molecular complexity index is 2840. The minimum absolute atomic E-state index is 0.560. The first-order valence-corrected chi connectivity index (χ1v) is 16.0. The van der Waals surface area contributed by atoms with Gasteiger partial charge in [0.1, 0.15) is 11.2 Å². The first kappa shape index (κ1) is 26.6. The van der Waals surface area contributed by atoms with E-state index in [1.807, 2.05) is 60.7 Å². The lowest BCUT2D eigenvalue weighted by Gasteiger charge is -2.12. The van der Waals surface area contributed by atoms with Gasteiger partial charge < -0.3 is 4.42 Å². The molecule has 0 bridgehead atoms. The van der Waals surface area contributed by atoms with Gasteiger partial charge in [-0.25, -0.2) is 4.98 Å². The van der Waals surface area contributed by atoms with Crippen LogP contribution in [0.25, 0.3) is 94.4 Å². The second-order valence-electron chi connectivity index (χ2n) is 12.0. The Labute approximate surface area is 275 Å². The van der Waals surface area contributed by atoms with Gasteiger partial charge in [-0.15, -0.1) is 0 Å². The van der Waals surface area contributed by atoms with Crippen LogP contribution in [0.5, 0.6) is 0 Å². The molecular formula is C43H26N4O. The zero-order valence-corrected chi connectivity index (χ0v) is 25.7. The predicted octanol–water partition coefficient (Wildman–Crippen LogP) is 11.0. The molecular weight excluding hydrogens is 589 g/mol. The van der Waals surface area contributed by atoms with E-state index in [1.54, 1.807) is 0 Å². The number of rotatable bonds is 4. The number of benzene rings is 7. The van der Waals surface area contributed by atoms with Crippen molar-refractivity contribution in [3.63, 3.8) is 0 Å². The Morgan fingerprint density at radius 1 is 0.417 bits per heavy atom. The molecule has 7 aromatic carbocycles. The molecule has 3 aromatic heterocycles. The predicted molar refractivity (Wildman–Crippen MR) is 195 cm³/mol. The summed E-state index contributed by atoms with van der Waals surface area (Å²) in [5.41, 5.74) is 7.84. The normalized spacial score (nSPS) is 11.8. The van der Waals surface area contributed by atoms with Crippen LogP contribution in [0.2, 0.25) is 0 Å². The van der Waals surface area contributed by atoms with Gasteiger partial charge in [0.05, 0.1) is 11.0 Å². The molecule has 0 radical (unpaired) electrons. The third kappa shape index (κ3) is 4.08. The highest BCUT2D eigenvalue weighted by atomic mass is 16.3. The van der Waals surface area contributed by atoms with Crippen LogP contribution in [0.4, 0.5) is 0 Å². The molecule has 0 unspecified atom stereocenters. The average Bonchev–Trinajstić information content (AvgIpc) is 3.70. The molecule has 0 amide bonds. The second-order valence-corrected chi connectivity index (χ2v) is 12.0. The quantitative estimate of drug-likeness (QED) is 0.198. The Hall–Kier alpha value is -6.59. The average molecular weight is 615 g/mol. The van der Waals surface area contributed by atoms with Gasteiger partial charge in [0.2, 0.25) is 5.95 Å². The summed E-state index contributed by atoms with van der Waals surface area (Å²) < 4.78 is 8.44. The van der Waals surface area contributed by atoms with E-state index < -0.39 is 0 Å². The number of hydrogen-bond donors (Lipinski definition) is 0. The maximum absolute atomic E-state index is 6.26. The van der Waals surface area contributed by atoms with Gasteiger partial charge in [-0.05, 0) is 46.2 Å². The van der Waals surface area contributed by atoms with E-state index in [1.165, 1.54) is 16.3 Å². The summed E-state index contributed by atoms with van der Waals surface area (Å²) in [4.78, 5) is 15.5. The van der Waals surface area contributed by atoms with Crippen molar-refractivity contribution in [1.82, 2.24) is 19.5 Å². The largest absolute Gasteiger partial charge is 0.456 e. The van der Waals surface area contributed by atoms with Crippen molar-refractivity contribution in [2.75, 3.05) is 0 Å². The molecule has 5 heteroatoms. The van der Waals surface area contributed by atoms with E-state index in [0.717, 1.165) is 60.4 Å². The lowest BCUT2D eigenvalue weighted by molar-refractivity contribution is 0.669. The van der Waals surface area contributed by atoms with Crippen molar-refractivity contribution >= 4 is 54.5 Å². The maximum Gasteiger partial charge on any atom is 0.238 e.